The number of nitrogens with zero attached hydrogens (tertiary/aromatic N) is 1. The molecule has 0 spiro atoms. The zero-order valence-corrected chi connectivity index (χ0v) is 12.7. The summed E-state index contributed by atoms with van der Waals surface area (Å²) >= 11 is 3.10. The molecule has 0 N–H and O–H groups in total. The molecular weight excluding hydrogens is 357 g/mol. The van der Waals surface area contributed by atoms with Crippen molar-refractivity contribution in [3.05, 3.63) is 64.4 Å². The van der Waals surface area contributed by atoms with Gasteiger partial charge in [0.05, 0.1) is 5.56 Å². The van der Waals surface area contributed by atoms with Crippen molar-refractivity contribution >= 4 is 21.9 Å². The Hall–Kier alpha value is -2.41. The van der Waals surface area contributed by atoms with E-state index in [4.69, 9.17) is 13.7 Å². The lowest BCUT2D eigenvalue weighted by Crippen LogP contribution is -2.03. The fourth-order valence-corrected chi connectivity index (χ4v) is 2.11. The van der Waals surface area contributed by atoms with Gasteiger partial charge in [-0.3, -0.25) is 0 Å². The van der Waals surface area contributed by atoms with E-state index in [1.165, 1.54) is 18.2 Å². The number of carbonyl (C=O) groups excluding carboxylic acids is 1. The molecule has 0 saturated heterocycles. The van der Waals surface area contributed by atoms with Gasteiger partial charge in [-0.05, 0) is 40.2 Å². The van der Waals surface area contributed by atoms with E-state index in [1.807, 2.05) is 0 Å². The molecule has 5 nitrogen and oxygen atoms in total. The molecule has 3 rings (SSSR count). The fraction of sp³-hybridized carbons (Fsp3) is 0.0667. The summed E-state index contributed by atoms with van der Waals surface area (Å²) in [7, 11) is 0. The first-order valence-electron chi connectivity index (χ1n) is 6.26. The van der Waals surface area contributed by atoms with Crippen LogP contribution < -0.4 is 0 Å². The Morgan fingerprint density at radius 2 is 2.09 bits per heavy atom. The maximum atomic E-state index is 13.6. The first kappa shape index (κ1) is 14.5. The van der Waals surface area contributed by atoms with Crippen LogP contribution >= 0.6 is 15.9 Å². The number of furan rings is 1. The second kappa shape index (κ2) is 6.15. The van der Waals surface area contributed by atoms with Crippen molar-refractivity contribution < 1.29 is 22.9 Å². The Bertz CT molecular complexity index is 811. The van der Waals surface area contributed by atoms with Crippen molar-refractivity contribution in [2.24, 2.45) is 0 Å². The SMILES string of the molecule is O=C(OCc1cc(-c2ccccc2F)on1)c1ccc(Br)o1. The number of hydrogen-bond donors (Lipinski definition) is 0. The van der Waals surface area contributed by atoms with E-state index in [-0.39, 0.29) is 18.1 Å². The third-order valence-electron chi connectivity index (χ3n) is 2.82. The van der Waals surface area contributed by atoms with Crippen LogP contribution in [0.1, 0.15) is 16.2 Å². The summed E-state index contributed by atoms with van der Waals surface area (Å²) in [6, 6.07) is 10.8. The predicted molar refractivity (Wildman–Crippen MR) is 77.4 cm³/mol. The number of aromatic nitrogens is 1. The molecule has 0 atom stereocenters. The van der Waals surface area contributed by atoms with Gasteiger partial charge < -0.3 is 13.7 Å². The van der Waals surface area contributed by atoms with E-state index in [0.29, 0.717) is 15.9 Å². The molecule has 7 heteroatoms. The van der Waals surface area contributed by atoms with E-state index < -0.39 is 11.8 Å². The van der Waals surface area contributed by atoms with Gasteiger partial charge in [0.15, 0.2) is 10.4 Å². The minimum atomic E-state index is -0.624. The number of hydrogen-bond acceptors (Lipinski definition) is 5. The van der Waals surface area contributed by atoms with Gasteiger partial charge in [-0.1, -0.05) is 17.3 Å². The van der Waals surface area contributed by atoms with Crippen LogP contribution in [0.4, 0.5) is 4.39 Å². The summed E-state index contributed by atoms with van der Waals surface area (Å²) < 4.78 is 29.2. The fourth-order valence-electron chi connectivity index (χ4n) is 1.80. The molecule has 0 saturated carbocycles. The first-order chi connectivity index (χ1) is 10.6. The molecule has 0 amide bonds. The lowest BCUT2D eigenvalue weighted by atomic mass is 10.1. The van der Waals surface area contributed by atoms with Crippen molar-refractivity contribution in [1.29, 1.82) is 0 Å². The highest BCUT2D eigenvalue weighted by molar-refractivity contribution is 9.10. The summed E-state index contributed by atoms with van der Waals surface area (Å²) in [6.07, 6.45) is 0. The molecule has 22 heavy (non-hydrogen) atoms. The number of esters is 1. The average Bonchev–Trinajstić information content (AvgIpc) is 3.14. The summed E-state index contributed by atoms with van der Waals surface area (Å²) in [6.45, 7) is -0.102. The van der Waals surface area contributed by atoms with E-state index in [9.17, 15) is 9.18 Å². The van der Waals surface area contributed by atoms with Crippen LogP contribution in [0.15, 0.2) is 56.1 Å². The van der Waals surface area contributed by atoms with E-state index in [1.54, 1.807) is 24.3 Å². The second-order valence-corrected chi connectivity index (χ2v) is 5.12. The van der Waals surface area contributed by atoms with Gasteiger partial charge >= 0.3 is 5.97 Å². The smallest absolute Gasteiger partial charge is 0.374 e. The third kappa shape index (κ3) is 3.09. The Balaban J connectivity index is 1.67. The van der Waals surface area contributed by atoms with Gasteiger partial charge in [0.1, 0.15) is 18.1 Å². The first-order valence-corrected chi connectivity index (χ1v) is 7.06. The molecule has 0 aliphatic carbocycles. The van der Waals surface area contributed by atoms with Crippen LogP contribution in [0.5, 0.6) is 0 Å². The van der Waals surface area contributed by atoms with Crippen LogP contribution in [-0.4, -0.2) is 11.1 Å². The largest absolute Gasteiger partial charge is 0.453 e. The van der Waals surface area contributed by atoms with Crippen molar-refractivity contribution in [1.82, 2.24) is 5.16 Å². The molecule has 1 aromatic carbocycles. The minimum absolute atomic E-state index is 0.0738. The summed E-state index contributed by atoms with van der Waals surface area (Å²) in [5.74, 6) is -0.696. The van der Waals surface area contributed by atoms with Gasteiger partial charge in [-0.25, -0.2) is 9.18 Å². The zero-order valence-electron chi connectivity index (χ0n) is 11.1. The monoisotopic (exact) mass is 365 g/mol. The van der Waals surface area contributed by atoms with Gasteiger partial charge in [-0.15, -0.1) is 0 Å². The number of benzene rings is 1. The third-order valence-corrected chi connectivity index (χ3v) is 3.25. The van der Waals surface area contributed by atoms with Crippen LogP contribution in [-0.2, 0) is 11.3 Å². The quantitative estimate of drug-likeness (QED) is 0.648. The summed E-state index contributed by atoms with van der Waals surface area (Å²) in [4.78, 5) is 11.7. The number of carbonyl (C=O) groups is 1. The minimum Gasteiger partial charge on any atom is -0.453 e. The number of rotatable bonds is 4. The van der Waals surface area contributed by atoms with Crippen molar-refractivity contribution in [2.45, 2.75) is 6.61 Å². The molecule has 2 heterocycles. The lowest BCUT2D eigenvalue weighted by Gasteiger charge is -1.98. The molecule has 3 aromatic rings. The molecule has 0 radical (unpaired) electrons. The van der Waals surface area contributed by atoms with Crippen LogP contribution in [0.3, 0.4) is 0 Å². The van der Waals surface area contributed by atoms with Crippen molar-refractivity contribution in [3.63, 3.8) is 0 Å². The van der Waals surface area contributed by atoms with Gasteiger partial charge in [0.25, 0.3) is 0 Å². The Labute approximate surface area is 132 Å². The van der Waals surface area contributed by atoms with E-state index in [0.717, 1.165) is 0 Å². The number of halogens is 2. The standard InChI is InChI=1S/C15H9BrFNO4/c16-14-6-5-12(21-14)15(19)20-8-9-7-13(22-18-9)10-3-1-2-4-11(10)17/h1-7H,8H2. The predicted octanol–water partition coefficient (Wildman–Crippen LogP) is 4.19. The van der Waals surface area contributed by atoms with Crippen LogP contribution in [0, 0.1) is 5.82 Å². The highest BCUT2D eigenvalue weighted by Crippen LogP contribution is 2.23. The average molecular weight is 366 g/mol. The molecular formula is C15H9BrFNO4. The van der Waals surface area contributed by atoms with E-state index in [2.05, 4.69) is 21.1 Å². The maximum Gasteiger partial charge on any atom is 0.374 e. The highest BCUT2D eigenvalue weighted by Gasteiger charge is 2.15. The second-order valence-electron chi connectivity index (χ2n) is 4.34. The van der Waals surface area contributed by atoms with E-state index >= 15 is 0 Å². The lowest BCUT2D eigenvalue weighted by molar-refractivity contribution is 0.0426. The van der Waals surface area contributed by atoms with Crippen LogP contribution in [0.2, 0.25) is 0 Å². The Morgan fingerprint density at radius 3 is 2.82 bits per heavy atom. The molecule has 0 aliphatic heterocycles. The summed E-state index contributed by atoms with van der Waals surface area (Å²) in [5.41, 5.74) is 0.666. The molecule has 0 aliphatic rings. The van der Waals surface area contributed by atoms with Crippen LogP contribution in [0.25, 0.3) is 11.3 Å². The zero-order chi connectivity index (χ0) is 15.5. The summed E-state index contributed by atoms with van der Waals surface area (Å²) in [5, 5.41) is 3.75. The highest BCUT2D eigenvalue weighted by atomic mass is 79.9. The Kier molecular flexibility index (Phi) is 4.06. The topological polar surface area (TPSA) is 65.5 Å². The molecule has 112 valence electrons. The van der Waals surface area contributed by atoms with Crippen molar-refractivity contribution in [3.8, 4) is 11.3 Å². The number of ether oxygens (including phenoxy) is 1. The molecule has 0 bridgehead atoms. The maximum absolute atomic E-state index is 13.6. The van der Waals surface area contributed by atoms with Gasteiger partial charge in [-0.2, -0.15) is 0 Å². The normalized spacial score (nSPS) is 10.6. The molecule has 0 unspecified atom stereocenters. The molecule has 2 aromatic heterocycles. The van der Waals surface area contributed by atoms with Gasteiger partial charge in [0.2, 0.25) is 5.76 Å². The Morgan fingerprint density at radius 1 is 1.27 bits per heavy atom. The van der Waals surface area contributed by atoms with Gasteiger partial charge in [0, 0.05) is 6.07 Å². The van der Waals surface area contributed by atoms with Crippen molar-refractivity contribution in [2.75, 3.05) is 0 Å². The molecule has 0 fully saturated rings.